The molecule has 0 aromatic heterocycles. The van der Waals surface area contributed by atoms with Gasteiger partial charge in [0, 0.05) is 18.7 Å². The van der Waals surface area contributed by atoms with Gasteiger partial charge >= 0.3 is 5.97 Å². The van der Waals surface area contributed by atoms with E-state index < -0.39 is 5.97 Å². The average Bonchev–Trinajstić information content (AvgIpc) is 2.63. The van der Waals surface area contributed by atoms with E-state index in [4.69, 9.17) is 11.6 Å². The minimum atomic E-state index is -0.482. The smallest absolute Gasteiger partial charge is 0.337 e. The minimum absolute atomic E-state index is 0.191. The van der Waals surface area contributed by atoms with E-state index in [0.29, 0.717) is 28.7 Å². The highest BCUT2D eigenvalue weighted by Crippen LogP contribution is 2.25. The van der Waals surface area contributed by atoms with Gasteiger partial charge in [-0.3, -0.25) is 4.79 Å². The van der Waals surface area contributed by atoms with Gasteiger partial charge in [-0.1, -0.05) is 43.6 Å². The fourth-order valence-electron chi connectivity index (χ4n) is 2.55. The second kappa shape index (κ2) is 9.25. The molecule has 0 heterocycles. The molecular weight excluding hydrogens is 352 g/mol. The van der Waals surface area contributed by atoms with Crippen LogP contribution in [0.1, 0.15) is 42.1 Å². The van der Waals surface area contributed by atoms with Crippen molar-refractivity contribution < 1.29 is 14.3 Å². The van der Waals surface area contributed by atoms with Gasteiger partial charge in [-0.05, 0) is 35.7 Å². The first-order chi connectivity index (χ1) is 12.4. The molecule has 0 atom stereocenters. The number of nitrogens with one attached hydrogen (secondary N) is 2. The van der Waals surface area contributed by atoms with Crippen LogP contribution in [0, 0.1) is 0 Å². The van der Waals surface area contributed by atoms with Crippen molar-refractivity contribution in [1.29, 1.82) is 0 Å². The number of methoxy groups -OCH3 is 1. The SMILES string of the molecule is COC(=O)c1ccc(Cl)c(NC(=O)CCNc2ccccc2C(C)C)c1. The van der Waals surface area contributed by atoms with Gasteiger partial charge in [-0.15, -0.1) is 0 Å². The lowest BCUT2D eigenvalue weighted by Gasteiger charge is -2.14. The van der Waals surface area contributed by atoms with Crippen LogP contribution in [0.3, 0.4) is 0 Å². The lowest BCUT2D eigenvalue weighted by Crippen LogP contribution is -2.17. The Kier molecular flexibility index (Phi) is 7.04. The number of esters is 1. The zero-order valence-corrected chi connectivity index (χ0v) is 15.9. The molecule has 0 aliphatic carbocycles. The molecule has 5 nitrogen and oxygen atoms in total. The maximum atomic E-state index is 12.2. The Labute approximate surface area is 158 Å². The topological polar surface area (TPSA) is 67.4 Å². The van der Waals surface area contributed by atoms with Gasteiger partial charge in [0.2, 0.25) is 5.91 Å². The summed E-state index contributed by atoms with van der Waals surface area (Å²) in [6, 6.07) is 12.7. The first kappa shape index (κ1) is 19.8. The van der Waals surface area contributed by atoms with E-state index in [9.17, 15) is 9.59 Å². The van der Waals surface area contributed by atoms with Crippen LogP contribution in [0.5, 0.6) is 0 Å². The van der Waals surface area contributed by atoms with Crippen molar-refractivity contribution in [3.05, 3.63) is 58.6 Å². The van der Waals surface area contributed by atoms with Crippen LogP contribution in [0.2, 0.25) is 5.02 Å². The van der Waals surface area contributed by atoms with Crippen molar-refractivity contribution in [2.24, 2.45) is 0 Å². The number of benzene rings is 2. The first-order valence-electron chi connectivity index (χ1n) is 8.43. The van der Waals surface area contributed by atoms with Crippen LogP contribution in [0.15, 0.2) is 42.5 Å². The molecule has 2 aromatic carbocycles. The van der Waals surface area contributed by atoms with Crippen molar-refractivity contribution in [3.8, 4) is 0 Å². The van der Waals surface area contributed by atoms with E-state index in [1.807, 2.05) is 18.2 Å². The maximum Gasteiger partial charge on any atom is 0.337 e. The van der Waals surface area contributed by atoms with Gasteiger partial charge in [0.1, 0.15) is 0 Å². The number of anilines is 2. The molecule has 0 saturated carbocycles. The molecule has 0 aliphatic heterocycles. The highest BCUT2D eigenvalue weighted by molar-refractivity contribution is 6.33. The molecule has 26 heavy (non-hydrogen) atoms. The zero-order valence-electron chi connectivity index (χ0n) is 15.1. The molecule has 2 rings (SSSR count). The van der Waals surface area contributed by atoms with Crippen molar-refractivity contribution in [1.82, 2.24) is 0 Å². The minimum Gasteiger partial charge on any atom is -0.465 e. The van der Waals surface area contributed by atoms with Crippen molar-refractivity contribution in [3.63, 3.8) is 0 Å². The number of para-hydroxylation sites is 1. The summed E-state index contributed by atoms with van der Waals surface area (Å²) in [5.41, 5.74) is 2.96. The van der Waals surface area contributed by atoms with Crippen LogP contribution in [0.4, 0.5) is 11.4 Å². The quantitative estimate of drug-likeness (QED) is 0.690. The molecule has 2 aromatic rings. The molecule has 1 amide bonds. The summed E-state index contributed by atoms with van der Waals surface area (Å²) < 4.78 is 4.68. The number of amides is 1. The number of hydrogen-bond acceptors (Lipinski definition) is 4. The first-order valence-corrected chi connectivity index (χ1v) is 8.80. The lowest BCUT2D eigenvalue weighted by atomic mass is 10.0. The van der Waals surface area contributed by atoms with E-state index in [-0.39, 0.29) is 12.3 Å². The van der Waals surface area contributed by atoms with E-state index in [1.165, 1.54) is 18.7 Å². The van der Waals surface area contributed by atoms with Crippen LogP contribution in [-0.2, 0) is 9.53 Å². The molecule has 138 valence electrons. The lowest BCUT2D eigenvalue weighted by molar-refractivity contribution is -0.115. The van der Waals surface area contributed by atoms with Crippen molar-refractivity contribution >= 4 is 34.9 Å². The molecule has 6 heteroatoms. The molecular formula is C20H23ClN2O3. The highest BCUT2D eigenvalue weighted by atomic mass is 35.5. The molecule has 0 bridgehead atoms. The Morgan fingerprint density at radius 3 is 2.54 bits per heavy atom. The Bertz CT molecular complexity index is 790. The van der Waals surface area contributed by atoms with Gasteiger partial charge in [0.05, 0.1) is 23.4 Å². The van der Waals surface area contributed by atoms with Gasteiger partial charge in [-0.25, -0.2) is 4.79 Å². The number of carbonyl (C=O) groups is 2. The van der Waals surface area contributed by atoms with E-state index in [0.717, 1.165) is 5.69 Å². The van der Waals surface area contributed by atoms with Crippen LogP contribution in [-0.4, -0.2) is 25.5 Å². The Morgan fingerprint density at radius 2 is 1.85 bits per heavy atom. The summed E-state index contributed by atoms with van der Waals surface area (Å²) in [5, 5.41) is 6.40. The van der Waals surface area contributed by atoms with Crippen molar-refractivity contribution in [2.75, 3.05) is 24.3 Å². The molecule has 0 unspecified atom stereocenters. The summed E-state index contributed by atoms with van der Waals surface area (Å²) in [4.78, 5) is 23.8. The van der Waals surface area contributed by atoms with E-state index in [2.05, 4.69) is 35.3 Å². The molecule has 0 fully saturated rings. The fourth-order valence-corrected chi connectivity index (χ4v) is 2.72. The second-order valence-corrected chi connectivity index (χ2v) is 6.56. The van der Waals surface area contributed by atoms with Gasteiger partial charge < -0.3 is 15.4 Å². The third kappa shape index (κ3) is 5.23. The third-order valence-corrected chi connectivity index (χ3v) is 4.24. The predicted octanol–water partition coefficient (Wildman–Crippen LogP) is 4.69. The van der Waals surface area contributed by atoms with Crippen LogP contribution in [0.25, 0.3) is 0 Å². The Balaban J connectivity index is 1.95. The maximum absolute atomic E-state index is 12.2. The predicted molar refractivity (Wildman–Crippen MR) is 105 cm³/mol. The molecule has 0 radical (unpaired) electrons. The van der Waals surface area contributed by atoms with Crippen LogP contribution < -0.4 is 10.6 Å². The summed E-state index contributed by atoms with van der Waals surface area (Å²) in [6.07, 6.45) is 0.269. The molecule has 0 saturated heterocycles. The summed E-state index contributed by atoms with van der Waals surface area (Å²) in [6.45, 7) is 4.75. The largest absolute Gasteiger partial charge is 0.465 e. The van der Waals surface area contributed by atoms with Gasteiger partial charge in [0.15, 0.2) is 0 Å². The van der Waals surface area contributed by atoms with Gasteiger partial charge in [-0.2, -0.15) is 0 Å². The molecule has 0 aliphatic rings. The van der Waals surface area contributed by atoms with Crippen molar-refractivity contribution in [2.45, 2.75) is 26.2 Å². The number of rotatable bonds is 7. The van der Waals surface area contributed by atoms with E-state index >= 15 is 0 Å². The number of halogens is 1. The number of hydrogen-bond donors (Lipinski definition) is 2. The summed E-state index contributed by atoms with van der Waals surface area (Å²) >= 11 is 6.09. The molecule has 2 N–H and O–H groups in total. The molecule has 0 spiro atoms. The van der Waals surface area contributed by atoms with E-state index in [1.54, 1.807) is 12.1 Å². The Morgan fingerprint density at radius 1 is 1.12 bits per heavy atom. The second-order valence-electron chi connectivity index (χ2n) is 6.15. The van der Waals surface area contributed by atoms with Crippen LogP contribution >= 0.6 is 11.6 Å². The highest BCUT2D eigenvalue weighted by Gasteiger charge is 2.12. The summed E-state index contributed by atoms with van der Waals surface area (Å²) in [5.74, 6) is -0.278. The third-order valence-electron chi connectivity index (χ3n) is 3.91. The number of ether oxygens (including phenoxy) is 1. The number of carbonyl (C=O) groups excluding carboxylic acids is 2. The van der Waals surface area contributed by atoms with Gasteiger partial charge in [0.25, 0.3) is 0 Å². The average molecular weight is 375 g/mol. The fraction of sp³-hybridized carbons (Fsp3) is 0.300. The Hall–Kier alpha value is -2.53. The summed E-state index contributed by atoms with van der Waals surface area (Å²) in [7, 11) is 1.30. The monoisotopic (exact) mass is 374 g/mol. The zero-order chi connectivity index (χ0) is 19.1. The standard InChI is InChI=1S/C20H23ClN2O3/c1-13(2)15-6-4-5-7-17(15)22-11-10-19(24)23-18-12-14(20(25)26-3)8-9-16(18)21/h4-9,12-13,22H,10-11H2,1-3H3,(H,23,24). The normalized spacial score (nSPS) is 10.5.